The van der Waals surface area contributed by atoms with Crippen LogP contribution in [0.3, 0.4) is 0 Å². The van der Waals surface area contributed by atoms with Crippen molar-refractivity contribution < 1.29 is 0 Å². The van der Waals surface area contributed by atoms with E-state index in [0.29, 0.717) is 10.9 Å². The van der Waals surface area contributed by atoms with Crippen molar-refractivity contribution in [2.75, 3.05) is 12.5 Å². The highest BCUT2D eigenvalue weighted by Gasteiger charge is 2.07. The molecule has 2 aromatic carbocycles. The molecular formula is C15H17S2+. The molecule has 17 heavy (non-hydrogen) atoms. The predicted octanol–water partition coefficient (Wildman–Crippen LogP) is 4.38. The Morgan fingerprint density at radius 2 is 1.24 bits per heavy atom. The molecule has 0 radical (unpaired) electrons. The van der Waals surface area contributed by atoms with Gasteiger partial charge in [-0.05, 0) is 43.3 Å². The van der Waals surface area contributed by atoms with Gasteiger partial charge in [0, 0.05) is 20.7 Å². The van der Waals surface area contributed by atoms with E-state index >= 15 is 0 Å². The molecule has 0 aliphatic heterocycles. The molecule has 0 aliphatic rings. The summed E-state index contributed by atoms with van der Waals surface area (Å²) in [5.74, 6) is 0. The molecule has 0 bridgehead atoms. The molecule has 0 unspecified atom stereocenters. The van der Waals surface area contributed by atoms with Crippen LogP contribution < -0.4 is 0 Å². The summed E-state index contributed by atoms with van der Waals surface area (Å²) in [7, 11) is 0.354. The Balaban J connectivity index is 2.11. The monoisotopic (exact) mass is 261 g/mol. The Morgan fingerprint density at radius 1 is 0.765 bits per heavy atom. The van der Waals surface area contributed by atoms with Crippen LogP contribution in [-0.2, 0) is 10.9 Å². The molecule has 0 nitrogen and oxygen atoms in total. The topological polar surface area (TPSA) is 0 Å². The largest absolute Gasteiger partial charge is 0.154 e. The molecule has 0 atom stereocenters. The fourth-order valence-electron chi connectivity index (χ4n) is 1.52. The highest BCUT2D eigenvalue weighted by Crippen LogP contribution is 2.28. The summed E-state index contributed by atoms with van der Waals surface area (Å²) in [6.07, 6.45) is 4.50. The van der Waals surface area contributed by atoms with Crippen molar-refractivity contribution in [1.82, 2.24) is 0 Å². The van der Waals surface area contributed by atoms with Gasteiger partial charge in [-0.3, -0.25) is 0 Å². The van der Waals surface area contributed by atoms with Crippen LogP contribution in [0.1, 0.15) is 5.56 Å². The normalized spacial score (nSPS) is 10.8. The van der Waals surface area contributed by atoms with E-state index in [1.807, 2.05) is 11.8 Å². The van der Waals surface area contributed by atoms with Crippen LogP contribution in [0.15, 0.2) is 63.2 Å². The van der Waals surface area contributed by atoms with Crippen LogP contribution in [0.5, 0.6) is 0 Å². The zero-order chi connectivity index (χ0) is 12.3. The molecule has 2 aromatic rings. The maximum absolute atomic E-state index is 2.25. The zero-order valence-electron chi connectivity index (χ0n) is 10.4. The number of hydrogen-bond donors (Lipinski definition) is 0. The van der Waals surface area contributed by atoms with Crippen molar-refractivity contribution in [3.63, 3.8) is 0 Å². The summed E-state index contributed by atoms with van der Waals surface area (Å²) in [5.41, 5.74) is 1.31. The van der Waals surface area contributed by atoms with Crippen molar-refractivity contribution in [2.45, 2.75) is 21.6 Å². The quantitative estimate of drug-likeness (QED) is 0.739. The van der Waals surface area contributed by atoms with Crippen molar-refractivity contribution in [3.05, 3.63) is 54.1 Å². The lowest BCUT2D eigenvalue weighted by Crippen LogP contribution is -1.94. The van der Waals surface area contributed by atoms with Crippen molar-refractivity contribution in [2.24, 2.45) is 0 Å². The lowest BCUT2D eigenvalue weighted by atomic mass is 10.2. The average Bonchev–Trinajstić information content (AvgIpc) is 2.33. The molecule has 0 spiro atoms. The lowest BCUT2D eigenvalue weighted by Gasteiger charge is -2.03. The summed E-state index contributed by atoms with van der Waals surface area (Å²) in [6, 6.07) is 17.6. The van der Waals surface area contributed by atoms with E-state index in [1.165, 1.54) is 20.2 Å². The van der Waals surface area contributed by atoms with Crippen LogP contribution in [-0.4, -0.2) is 12.5 Å². The maximum Gasteiger partial charge on any atom is 0.154 e. The summed E-state index contributed by atoms with van der Waals surface area (Å²) in [5, 5.41) is 0. The van der Waals surface area contributed by atoms with Gasteiger partial charge in [0.15, 0.2) is 4.90 Å². The molecule has 2 heteroatoms. The summed E-state index contributed by atoms with van der Waals surface area (Å²) in [6.45, 7) is 2.12. The molecule has 0 aliphatic carbocycles. The summed E-state index contributed by atoms with van der Waals surface area (Å²) in [4.78, 5) is 4.04. The van der Waals surface area contributed by atoms with E-state index in [-0.39, 0.29) is 0 Å². The SMILES string of the molecule is Cc1ccc(Sc2ccc([S+](C)C)cc2)cc1. The van der Waals surface area contributed by atoms with Crippen LogP contribution in [0.4, 0.5) is 0 Å². The smallest absolute Gasteiger partial charge is 0.0901 e. The maximum atomic E-state index is 2.25. The van der Waals surface area contributed by atoms with Crippen LogP contribution >= 0.6 is 11.8 Å². The fourth-order valence-corrected chi connectivity index (χ4v) is 3.02. The summed E-state index contributed by atoms with van der Waals surface area (Å²) >= 11 is 1.82. The molecule has 88 valence electrons. The summed E-state index contributed by atoms with van der Waals surface area (Å²) < 4.78 is 0. The molecule has 0 fully saturated rings. The van der Waals surface area contributed by atoms with Gasteiger partial charge >= 0.3 is 0 Å². The second-order valence-corrected chi connectivity index (χ2v) is 7.45. The molecule has 0 amide bonds. The van der Waals surface area contributed by atoms with Crippen molar-refractivity contribution >= 4 is 22.7 Å². The van der Waals surface area contributed by atoms with Crippen LogP contribution in [0, 0.1) is 6.92 Å². The Kier molecular flexibility index (Phi) is 4.19. The van der Waals surface area contributed by atoms with Gasteiger partial charge in [0.25, 0.3) is 0 Å². The van der Waals surface area contributed by atoms with Crippen molar-refractivity contribution in [3.8, 4) is 0 Å². The Morgan fingerprint density at radius 3 is 1.71 bits per heavy atom. The van der Waals surface area contributed by atoms with E-state index in [2.05, 4.69) is 68.0 Å². The Bertz CT molecular complexity index is 469. The first-order valence-corrected chi connectivity index (χ1v) is 8.43. The Labute approximate surface area is 111 Å². The molecular weight excluding hydrogens is 244 g/mol. The minimum absolute atomic E-state index is 0.354. The highest BCUT2D eigenvalue weighted by atomic mass is 32.2. The first-order chi connectivity index (χ1) is 8.15. The second kappa shape index (κ2) is 5.65. The first-order valence-electron chi connectivity index (χ1n) is 5.57. The van der Waals surface area contributed by atoms with E-state index in [1.54, 1.807) is 0 Å². The molecule has 0 saturated carbocycles. The van der Waals surface area contributed by atoms with E-state index in [4.69, 9.17) is 0 Å². The van der Waals surface area contributed by atoms with Gasteiger partial charge < -0.3 is 0 Å². The predicted molar refractivity (Wildman–Crippen MR) is 79.2 cm³/mol. The van der Waals surface area contributed by atoms with Gasteiger partial charge in [-0.25, -0.2) is 0 Å². The number of benzene rings is 2. The van der Waals surface area contributed by atoms with Gasteiger partial charge in [0.2, 0.25) is 0 Å². The third-order valence-electron chi connectivity index (χ3n) is 2.55. The standard InChI is InChI=1S/C15H17S2/c1-12-4-6-13(7-5-12)16-14-8-10-15(11-9-14)17(2)3/h4-11H,1-3H3/q+1. The average molecular weight is 261 g/mol. The zero-order valence-corrected chi connectivity index (χ0v) is 12.1. The van der Waals surface area contributed by atoms with Gasteiger partial charge in [0.1, 0.15) is 12.5 Å². The third-order valence-corrected chi connectivity index (χ3v) is 4.78. The highest BCUT2D eigenvalue weighted by molar-refractivity contribution is 7.99. The number of rotatable bonds is 3. The minimum Gasteiger partial charge on any atom is -0.0901 e. The number of aryl methyl sites for hydroxylation is 1. The molecule has 0 N–H and O–H groups in total. The number of hydrogen-bond acceptors (Lipinski definition) is 1. The third kappa shape index (κ3) is 3.55. The van der Waals surface area contributed by atoms with Crippen LogP contribution in [0.2, 0.25) is 0 Å². The second-order valence-electron chi connectivity index (χ2n) is 4.20. The Hall–Kier alpha value is -0.860. The minimum atomic E-state index is 0.354. The van der Waals surface area contributed by atoms with E-state index in [0.717, 1.165) is 0 Å². The van der Waals surface area contributed by atoms with Gasteiger partial charge in [-0.1, -0.05) is 29.5 Å². The van der Waals surface area contributed by atoms with Crippen molar-refractivity contribution in [1.29, 1.82) is 0 Å². The molecule has 0 heterocycles. The van der Waals surface area contributed by atoms with Gasteiger partial charge in [0.05, 0.1) is 0 Å². The van der Waals surface area contributed by atoms with Gasteiger partial charge in [-0.2, -0.15) is 0 Å². The fraction of sp³-hybridized carbons (Fsp3) is 0.200. The van der Waals surface area contributed by atoms with E-state index in [9.17, 15) is 0 Å². The first kappa shape index (κ1) is 12.6. The van der Waals surface area contributed by atoms with Gasteiger partial charge in [-0.15, -0.1) is 0 Å². The molecule has 2 rings (SSSR count). The lowest BCUT2D eigenvalue weighted by molar-refractivity contribution is 1.32. The molecule has 0 saturated heterocycles. The van der Waals surface area contributed by atoms with Crippen LogP contribution in [0.25, 0.3) is 0 Å². The van der Waals surface area contributed by atoms with E-state index < -0.39 is 0 Å². The molecule has 0 aromatic heterocycles.